The van der Waals surface area contributed by atoms with Gasteiger partial charge in [-0.3, -0.25) is 24.1 Å². The highest BCUT2D eigenvalue weighted by Crippen LogP contribution is 2.68. The molecule has 2 aromatic rings. The second kappa shape index (κ2) is 7.76. The van der Waals surface area contributed by atoms with E-state index in [1.54, 1.807) is 11.8 Å². The molecule has 3 heterocycles. The summed E-state index contributed by atoms with van der Waals surface area (Å²) >= 11 is 2.85. The lowest BCUT2D eigenvalue weighted by atomic mass is 9.64. The summed E-state index contributed by atoms with van der Waals surface area (Å²) in [6.07, 6.45) is 0.800. The number of aromatic amines is 1. The number of fused-ring (bicyclic) bond motifs is 9. The van der Waals surface area contributed by atoms with E-state index in [4.69, 9.17) is 5.14 Å². The highest BCUT2D eigenvalue weighted by molar-refractivity contribution is 8.00. The fraction of sp³-hybridized carbons (Fsp3) is 0.478. The Balaban J connectivity index is 1.21. The first-order chi connectivity index (χ1) is 16.9. The van der Waals surface area contributed by atoms with E-state index < -0.39 is 34.3 Å². The van der Waals surface area contributed by atoms with Gasteiger partial charge in [0.1, 0.15) is 6.54 Å². The van der Waals surface area contributed by atoms with Gasteiger partial charge in [0.25, 0.3) is 0 Å². The maximum absolute atomic E-state index is 13.4. The molecule has 1 aromatic heterocycles. The van der Waals surface area contributed by atoms with Gasteiger partial charge in [0.2, 0.25) is 27.7 Å². The molecular formula is C23H24N4O6S3. The summed E-state index contributed by atoms with van der Waals surface area (Å²) in [5, 5.41) is 8.71. The molecule has 2 saturated carbocycles. The first-order valence-electron chi connectivity index (χ1n) is 11.6. The Labute approximate surface area is 215 Å². The van der Waals surface area contributed by atoms with E-state index in [1.165, 1.54) is 35.6 Å². The number of aromatic nitrogens is 1. The van der Waals surface area contributed by atoms with Crippen molar-refractivity contribution in [2.24, 2.45) is 34.7 Å². The van der Waals surface area contributed by atoms with Crippen LogP contribution in [0.4, 0.5) is 5.69 Å². The molecule has 3 amide bonds. The van der Waals surface area contributed by atoms with Crippen LogP contribution in [0.3, 0.4) is 0 Å². The number of imide groups is 1. The predicted octanol–water partition coefficient (Wildman–Crippen LogP) is 1.34. The Morgan fingerprint density at radius 3 is 2.42 bits per heavy atom. The molecule has 2 aliphatic heterocycles. The van der Waals surface area contributed by atoms with Crippen LogP contribution >= 0.6 is 23.1 Å². The number of primary sulfonamides is 1. The normalized spacial score (nSPS) is 31.8. The molecule has 4 N–H and O–H groups in total. The number of thioether (sulfide) groups is 1. The van der Waals surface area contributed by atoms with Gasteiger partial charge in [-0.1, -0.05) is 25.2 Å². The smallest absolute Gasteiger partial charge is 0.305 e. The Bertz CT molecular complexity index is 1480. The standard InChI is InChI=1S/C23H24N4O6S3/c1-23(2)16-11-7-12(17(16)34-19-18(23)35-22(31)26-19)15-14(11)20(29)27(21(15)30)8-13(28)25-9-3-5-10(6-4-9)36(24,32)33/h3-6,11-12,14-17H,7-8H2,1-2H3,(H,25,28)(H,26,31)(H2,24,32,33). The number of hydrogen-bond acceptors (Lipinski definition) is 8. The van der Waals surface area contributed by atoms with Crippen molar-refractivity contribution in [3.63, 3.8) is 0 Å². The van der Waals surface area contributed by atoms with Crippen LogP contribution in [0.15, 0.2) is 39.0 Å². The van der Waals surface area contributed by atoms with E-state index in [0.717, 1.165) is 21.2 Å². The highest BCUT2D eigenvalue weighted by Gasteiger charge is 2.70. The number of amides is 3. The topological polar surface area (TPSA) is 160 Å². The minimum Gasteiger partial charge on any atom is -0.325 e. The van der Waals surface area contributed by atoms with Crippen molar-refractivity contribution in [3.8, 4) is 0 Å². The first kappa shape index (κ1) is 23.9. The number of carbonyl (C=O) groups excluding carboxylic acids is 3. The number of nitrogens with two attached hydrogens (primary N) is 1. The number of anilines is 1. The molecule has 1 saturated heterocycles. The van der Waals surface area contributed by atoms with Crippen molar-refractivity contribution in [1.82, 2.24) is 9.88 Å². The van der Waals surface area contributed by atoms with E-state index in [9.17, 15) is 27.6 Å². The molecule has 0 spiro atoms. The van der Waals surface area contributed by atoms with Gasteiger partial charge in [-0.2, -0.15) is 0 Å². The molecule has 13 heteroatoms. The molecule has 4 aliphatic rings. The molecule has 36 heavy (non-hydrogen) atoms. The van der Waals surface area contributed by atoms with E-state index in [2.05, 4.69) is 24.1 Å². The average molecular weight is 549 g/mol. The van der Waals surface area contributed by atoms with E-state index in [1.807, 2.05) is 0 Å². The second-order valence-electron chi connectivity index (χ2n) is 10.5. The lowest BCUT2D eigenvalue weighted by molar-refractivity contribution is -0.143. The molecule has 2 aliphatic carbocycles. The van der Waals surface area contributed by atoms with E-state index >= 15 is 0 Å². The third-order valence-electron chi connectivity index (χ3n) is 8.25. The van der Waals surface area contributed by atoms with Gasteiger partial charge in [-0.25, -0.2) is 13.6 Å². The summed E-state index contributed by atoms with van der Waals surface area (Å²) in [4.78, 5) is 56.5. The molecule has 10 nitrogen and oxygen atoms in total. The number of carbonyl (C=O) groups is 3. The summed E-state index contributed by atoms with van der Waals surface area (Å²) < 4.78 is 22.8. The summed E-state index contributed by atoms with van der Waals surface area (Å²) in [6, 6.07) is 5.33. The largest absolute Gasteiger partial charge is 0.325 e. The van der Waals surface area contributed by atoms with E-state index in [0.29, 0.717) is 5.69 Å². The molecule has 6 rings (SSSR count). The van der Waals surface area contributed by atoms with Gasteiger partial charge in [0.05, 0.1) is 21.8 Å². The van der Waals surface area contributed by atoms with Crippen LogP contribution in [0.25, 0.3) is 0 Å². The van der Waals surface area contributed by atoms with E-state index in [-0.39, 0.29) is 50.0 Å². The molecule has 6 atom stereocenters. The molecular weight excluding hydrogens is 524 g/mol. The molecule has 3 fully saturated rings. The fourth-order valence-corrected chi connectivity index (χ4v) is 10.6. The zero-order valence-corrected chi connectivity index (χ0v) is 21.8. The summed E-state index contributed by atoms with van der Waals surface area (Å²) in [5.74, 6) is -1.84. The van der Waals surface area contributed by atoms with Crippen LogP contribution < -0.4 is 15.3 Å². The molecule has 1 aromatic carbocycles. The van der Waals surface area contributed by atoms with Gasteiger partial charge < -0.3 is 10.3 Å². The third kappa shape index (κ3) is 3.36. The van der Waals surface area contributed by atoms with Gasteiger partial charge in [-0.15, -0.1) is 11.8 Å². The number of benzene rings is 1. The second-order valence-corrected chi connectivity index (χ2v) is 14.2. The van der Waals surface area contributed by atoms with Crippen molar-refractivity contribution in [2.75, 3.05) is 11.9 Å². The zero-order valence-electron chi connectivity index (χ0n) is 19.4. The minimum absolute atomic E-state index is 0.0149. The molecule has 0 radical (unpaired) electrons. The quantitative estimate of drug-likeness (QED) is 0.486. The van der Waals surface area contributed by atoms with Crippen molar-refractivity contribution >= 4 is 56.5 Å². The first-order valence-corrected chi connectivity index (χ1v) is 14.8. The number of sulfonamides is 1. The predicted molar refractivity (Wildman–Crippen MR) is 133 cm³/mol. The van der Waals surface area contributed by atoms with Crippen LogP contribution in [0.5, 0.6) is 0 Å². The van der Waals surface area contributed by atoms with Crippen molar-refractivity contribution in [1.29, 1.82) is 0 Å². The molecule has 190 valence electrons. The summed E-state index contributed by atoms with van der Waals surface area (Å²) in [7, 11) is -3.86. The van der Waals surface area contributed by atoms with Crippen LogP contribution in [-0.2, 0) is 29.8 Å². The average Bonchev–Trinajstić information content (AvgIpc) is 3.52. The van der Waals surface area contributed by atoms with Crippen LogP contribution in [-0.4, -0.2) is 47.8 Å². The number of nitrogens with zero attached hydrogens (tertiary/aromatic N) is 1. The number of hydrogen-bond donors (Lipinski definition) is 3. The lowest BCUT2D eigenvalue weighted by Crippen LogP contribution is -2.48. The Morgan fingerprint density at radius 1 is 1.14 bits per heavy atom. The Kier molecular flexibility index (Phi) is 5.15. The number of thiazole rings is 1. The number of H-pyrrole nitrogens is 1. The number of rotatable bonds is 4. The van der Waals surface area contributed by atoms with Crippen molar-refractivity contribution in [3.05, 3.63) is 38.8 Å². The fourth-order valence-electron chi connectivity index (χ4n) is 6.94. The number of nitrogens with one attached hydrogen (secondary N) is 2. The van der Waals surface area contributed by atoms with Gasteiger partial charge >= 0.3 is 4.87 Å². The SMILES string of the molecule is CC1(C)c2sc(=O)[nH]c2SC2C3CC(C4C(=O)N(CC(=O)Nc5ccc(S(N)(=O)=O)cc5)C(=O)C34)C21. The number of likely N-dealkylation sites (tertiary alicyclic amines) is 1. The van der Waals surface area contributed by atoms with Crippen LogP contribution in [0, 0.1) is 29.6 Å². The van der Waals surface area contributed by atoms with Gasteiger partial charge in [0.15, 0.2) is 0 Å². The van der Waals surface area contributed by atoms with Crippen molar-refractivity contribution in [2.45, 2.75) is 40.9 Å². The Hall–Kier alpha value is -2.48. The van der Waals surface area contributed by atoms with Crippen LogP contribution in [0.2, 0.25) is 0 Å². The lowest BCUT2D eigenvalue weighted by Gasteiger charge is -2.47. The summed E-state index contributed by atoms with van der Waals surface area (Å²) in [5.41, 5.74) is 0.0348. The van der Waals surface area contributed by atoms with Gasteiger partial charge in [0, 0.05) is 21.2 Å². The highest BCUT2D eigenvalue weighted by atomic mass is 32.2. The van der Waals surface area contributed by atoms with Crippen molar-refractivity contribution < 1.29 is 22.8 Å². The summed E-state index contributed by atoms with van der Waals surface area (Å²) in [6.45, 7) is 3.85. The maximum atomic E-state index is 13.4. The third-order valence-corrected chi connectivity index (χ3v) is 12.0. The zero-order chi connectivity index (χ0) is 25.7. The monoisotopic (exact) mass is 548 g/mol. The maximum Gasteiger partial charge on any atom is 0.305 e. The van der Waals surface area contributed by atoms with Gasteiger partial charge in [-0.05, 0) is 48.4 Å². The minimum atomic E-state index is -3.86. The molecule has 2 bridgehead atoms. The Morgan fingerprint density at radius 2 is 1.78 bits per heavy atom. The van der Waals surface area contributed by atoms with Crippen LogP contribution in [0.1, 0.15) is 25.1 Å². The molecule has 6 unspecified atom stereocenters.